The van der Waals surface area contributed by atoms with Gasteiger partial charge in [0.1, 0.15) is 0 Å². The van der Waals surface area contributed by atoms with Crippen molar-refractivity contribution in [3.05, 3.63) is 23.8 Å². The predicted octanol–water partition coefficient (Wildman–Crippen LogP) is 4.28. The van der Waals surface area contributed by atoms with Crippen LogP contribution >= 0.6 is 0 Å². The number of hydrogen-bond donors (Lipinski definition) is 1. The van der Waals surface area contributed by atoms with Gasteiger partial charge in [0, 0.05) is 6.10 Å². The zero-order valence-electron chi connectivity index (χ0n) is 13.4. The van der Waals surface area contributed by atoms with Crippen LogP contribution in [0.5, 0.6) is 0 Å². The molecule has 110 valence electrons. The molecule has 0 aromatic heterocycles. The molecule has 3 heteroatoms. The van der Waals surface area contributed by atoms with Gasteiger partial charge in [-0.2, -0.15) is 0 Å². The van der Waals surface area contributed by atoms with E-state index in [1.165, 1.54) is 11.1 Å². The Hall–Kier alpha value is -0.383. The van der Waals surface area contributed by atoms with Crippen LogP contribution in [0.25, 0.3) is 0 Å². The molecule has 2 nitrogen and oxygen atoms in total. The standard InChI is InChI=1S/C16H30O2Si/c1-12-10-15(11-14(8-9-17)13(12)2)18-19(6,7)16(3,4)5/h8,12,15,17H,2,9-11H2,1,3-7H3/b14-8-/t12-,15?/m0/s1. The van der Waals surface area contributed by atoms with E-state index in [2.05, 4.69) is 47.4 Å². The lowest BCUT2D eigenvalue weighted by Crippen LogP contribution is -2.45. The maximum Gasteiger partial charge on any atom is 0.192 e. The SMILES string of the molecule is C=C1/C(=C\CO)CC(O[Si](C)(C)C(C)(C)C)C[C@@H]1C. The van der Waals surface area contributed by atoms with Gasteiger partial charge in [-0.3, -0.25) is 0 Å². The maximum absolute atomic E-state index is 9.12. The lowest BCUT2D eigenvalue weighted by molar-refractivity contribution is 0.148. The summed E-state index contributed by atoms with van der Waals surface area (Å²) in [6, 6.07) is 0. The second-order valence-electron chi connectivity index (χ2n) is 7.28. The van der Waals surface area contributed by atoms with Gasteiger partial charge in [0.2, 0.25) is 0 Å². The van der Waals surface area contributed by atoms with Gasteiger partial charge in [-0.1, -0.05) is 40.3 Å². The smallest absolute Gasteiger partial charge is 0.192 e. The van der Waals surface area contributed by atoms with Crippen molar-refractivity contribution < 1.29 is 9.53 Å². The molecule has 0 aromatic rings. The molecule has 2 atom stereocenters. The summed E-state index contributed by atoms with van der Waals surface area (Å²) in [5.74, 6) is 0.446. The minimum atomic E-state index is -1.72. The van der Waals surface area contributed by atoms with Crippen LogP contribution in [0.3, 0.4) is 0 Å². The van der Waals surface area contributed by atoms with Gasteiger partial charge >= 0.3 is 0 Å². The van der Waals surface area contributed by atoms with Crippen LogP contribution in [-0.2, 0) is 4.43 Å². The zero-order valence-corrected chi connectivity index (χ0v) is 14.4. The summed E-state index contributed by atoms with van der Waals surface area (Å²) < 4.78 is 6.51. The molecule has 0 amide bonds. The largest absolute Gasteiger partial charge is 0.414 e. The molecule has 0 spiro atoms. The minimum absolute atomic E-state index is 0.0912. The average molecular weight is 282 g/mol. The minimum Gasteiger partial charge on any atom is -0.414 e. The summed E-state index contributed by atoms with van der Waals surface area (Å²) in [6.07, 6.45) is 4.11. The molecule has 0 saturated heterocycles. The monoisotopic (exact) mass is 282 g/mol. The van der Waals surface area contributed by atoms with Crippen LogP contribution < -0.4 is 0 Å². The fourth-order valence-electron chi connectivity index (χ4n) is 2.32. The lowest BCUT2D eigenvalue weighted by atomic mass is 9.81. The Labute approximate surface area is 119 Å². The van der Waals surface area contributed by atoms with Crippen LogP contribution in [0, 0.1) is 5.92 Å². The third kappa shape index (κ3) is 4.04. The first-order valence-corrected chi connectivity index (χ1v) is 10.2. The van der Waals surface area contributed by atoms with Crippen LogP contribution in [0.4, 0.5) is 0 Å². The van der Waals surface area contributed by atoms with Gasteiger partial charge in [0.25, 0.3) is 0 Å². The van der Waals surface area contributed by atoms with Gasteiger partial charge in [-0.15, -0.1) is 0 Å². The molecule has 0 radical (unpaired) electrons. The normalized spacial score (nSPS) is 27.9. The fraction of sp³-hybridized carbons (Fsp3) is 0.750. The van der Waals surface area contributed by atoms with Gasteiger partial charge in [-0.25, -0.2) is 0 Å². The van der Waals surface area contributed by atoms with E-state index in [9.17, 15) is 0 Å². The molecule has 1 saturated carbocycles. The molecule has 1 fully saturated rings. The molecule has 0 heterocycles. The molecule has 1 rings (SSSR count). The van der Waals surface area contributed by atoms with E-state index < -0.39 is 8.32 Å². The highest BCUT2D eigenvalue weighted by molar-refractivity contribution is 6.74. The van der Waals surface area contributed by atoms with E-state index in [0.717, 1.165) is 12.8 Å². The highest BCUT2D eigenvalue weighted by Gasteiger charge is 2.40. The third-order valence-electron chi connectivity index (χ3n) is 4.68. The van der Waals surface area contributed by atoms with Crippen LogP contribution in [0.15, 0.2) is 23.8 Å². The molecular weight excluding hydrogens is 252 g/mol. The van der Waals surface area contributed by atoms with Crippen LogP contribution in [0.2, 0.25) is 18.1 Å². The predicted molar refractivity (Wildman–Crippen MR) is 84.8 cm³/mol. The molecule has 1 unspecified atom stereocenters. The number of aliphatic hydroxyl groups excluding tert-OH is 1. The first-order chi connectivity index (χ1) is 8.58. The number of rotatable bonds is 3. The first kappa shape index (κ1) is 16.7. The van der Waals surface area contributed by atoms with E-state index in [4.69, 9.17) is 9.53 Å². The van der Waals surface area contributed by atoms with Crippen molar-refractivity contribution in [2.24, 2.45) is 5.92 Å². The van der Waals surface area contributed by atoms with Crippen LogP contribution in [0.1, 0.15) is 40.5 Å². The van der Waals surface area contributed by atoms with E-state index in [1.807, 2.05) is 6.08 Å². The first-order valence-electron chi connectivity index (χ1n) is 7.25. The molecule has 19 heavy (non-hydrogen) atoms. The molecule has 0 aliphatic heterocycles. The Morgan fingerprint density at radius 2 is 2.00 bits per heavy atom. The maximum atomic E-state index is 9.12. The topological polar surface area (TPSA) is 29.5 Å². The van der Waals surface area contributed by atoms with Gasteiger partial charge in [0.05, 0.1) is 6.61 Å². The van der Waals surface area contributed by atoms with Crippen molar-refractivity contribution in [1.29, 1.82) is 0 Å². The van der Waals surface area contributed by atoms with E-state index >= 15 is 0 Å². The van der Waals surface area contributed by atoms with Crippen molar-refractivity contribution in [3.8, 4) is 0 Å². The molecule has 1 N–H and O–H groups in total. The summed E-state index contributed by atoms with van der Waals surface area (Å²) in [6.45, 7) is 17.9. The van der Waals surface area contributed by atoms with Gasteiger partial charge in [-0.05, 0) is 48.0 Å². The second kappa shape index (κ2) is 5.94. The van der Waals surface area contributed by atoms with Gasteiger partial charge in [0.15, 0.2) is 8.32 Å². The quantitative estimate of drug-likeness (QED) is 0.783. The Morgan fingerprint density at radius 1 is 1.42 bits per heavy atom. The Morgan fingerprint density at radius 3 is 2.47 bits per heavy atom. The number of aliphatic hydroxyl groups is 1. The average Bonchev–Trinajstić information content (AvgIpc) is 2.23. The van der Waals surface area contributed by atoms with Crippen molar-refractivity contribution in [1.82, 2.24) is 0 Å². The van der Waals surface area contributed by atoms with Crippen molar-refractivity contribution >= 4 is 8.32 Å². The Balaban J connectivity index is 2.81. The molecule has 0 aromatic carbocycles. The highest BCUT2D eigenvalue weighted by atomic mass is 28.4. The Kier molecular flexibility index (Phi) is 5.21. The number of hydrogen-bond acceptors (Lipinski definition) is 2. The zero-order chi connectivity index (χ0) is 14.8. The van der Waals surface area contributed by atoms with Crippen LogP contribution in [-0.4, -0.2) is 26.1 Å². The van der Waals surface area contributed by atoms with E-state index in [-0.39, 0.29) is 17.7 Å². The highest BCUT2D eigenvalue weighted by Crippen LogP contribution is 2.41. The summed E-state index contributed by atoms with van der Waals surface area (Å²) in [4.78, 5) is 0. The summed E-state index contributed by atoms with van der Waals surface area (Å²) in [7, 11) is -1.72. The fourth-order valence-corrected chi connectivity index (χ4v) is 3.69. The van der Waals surface area contributed by atoms with Gasteiger partial charge < -0.3 is 9.53 Å². The summed E-state index contributed by atoms with van der Waals surface area (Å²) in [5, 5.41) is 9.36. The van der Waals surface area contributed by atoms with Crippen molar-refractivity contribution in [2.75, 3.05) is 6.61 Å². The second-order valence-corrected chi connectivity index (χ2v) is 12.0. The molecular formula is C16H30O2Si. The molecule has 0 bridgehead atoms. The third-order valence-corrected chi connectivity index (χ3v) is 9.21. The van der Waals surface area contributed by atoms with E-state index in [0.29, 0.717) is 5.92 Å². The Bertz CT molecular complexity index is 363. The number of allylic oxidation sites excluding steroid dienone is 1. The summed E-state index contributed by atoms with van der Waals surface area (Å²) in [5.41, 5.74) is 2.36. The molecule has 1 aliphatic rings. The summed E-state index contributed by atoms with van der Waals surface area (Å²) >= 11 is 0. The molecule has 1 aliphatic carbocycles. The van der Waals surface area contributed by atoms with Crippen molar-refractivity contribution in [2.45, 2.75) is 64.8 Å². The lowest BCUT2D eigenvalue weighted by Gasteiger charge is -2.42. The van der Waals surface area contributed by atoms with Crippen molar-refractivity contribution in [3.63, 3.8) is 0 Å². The van der Waals surface area contributed by atoms with E-state index in [1.54, 1.807) is 0 Å².